The summed E-state index contributed by atoms with van der Waals surface area (Å²) in [5, 5.41) is 12.6. The Hall–Kier alpha value is -2.54. The molecular weight excluding hydrogens is 392 g/mol. The Balaban J connectivity index is 2.41. The molecule has 0 amide bonds. The first-order valence-corrected chi connectivity index (χ1v) is 10.2. The fourth-order valence-corrected chi connectivity index (χ4v) is 3.44. The molecule has 0 saturated carbocycles. The number of rotatable bonds is 11. The third-order valence-electron chi connectivity index (χ3n) is 4.77. The number of carbonyl (C=O) groups is 1. The third-order valence-corrected chi connectivity index (χ3v) is 5.07. The largest absolute Gasteiger partial charge is 0.496 e. The van der Waals surface area contributed by atoms with E-state index in [1.165, 1.54) is 0 Å². The number of aromatic nitrogens is 2. The Morgan fingerprint density at radius 1 is 1.38 bits per heavy atom. The molecule has 0 unspecified atom stereocenters. The summed E-state index contributed by atoms with van der Waals surface area (Å²) in [6, 6.07) is 5.57. The van der Waals surface area contributed by atoms with Gasteiger partial charge >= 0.3 is 5.97 Å². The first-order chi connectivity index (χ1) is 13.9. The quantitative estimate of drug-likeness (QED) is 0.468. The zero-order valence-electron chi connectivity index (χ0n) is 17.2. The van der Waals surface area contributed by atoms with Crippen LogP contribution in [0.15, 0.2) is 18.2 Å². The Labute approximate surface area is 176 Å². The molecule has 0 aliphatic carbocycles. The van der Waals surface area contributed by atoms with Crippen molar-refractivity contribution in [3.63, 3.8) is 0 Å². The van der Waals surface area contributed by atoms with E-state index in [1.807, 2.05) is 25.1 Å². The van der Waals surface area contributed by atoms with Gasteiger partial charge in [0.15, 0.2) is 0 Å². The van der Waals surface area contributed by atoms with Crippen molar-refractivity contribution in [2.45, 2.75) is 57.9 Å². The number of nitrogens with zero attached hydrogens (tertiary/aromatic N) is 2. The van der Waals surface area contributed by atoms with Crippen LogP contribution < -0.4 is 15.8 Å². The highest BCUT2D eigenvalue weighted by Crippen LogP contribution is 2.28. The molecule has 0 fully saturated rings. The third kappa shape index (κ3) is 6.49. The van der Waals surface area contributed by atoms with Gasteiger partial charge in [0.25, 0.3) is 0 Å². The number of carboxylic acid groups (broad SMARTS) is 1. The van der Waals surface area contributed by atoms with Gasteiger partial charge in [-0.1, -0.05) is 31.9 Å². The van der Waals surface area contributed by atoms with E-state index in [1.54, 1.807) is 7.11 Å². The second-order valence-electron chi connectivity index (χ2n) is 7.03. The standard InChI is InChI=1S/C21H29ClN4O3/c1-4-5-6-16(11-19(27)28)25-20-17(13(2)24-21(23)26-20)10-15-9-14(12-22)7-8-18(15)29-3/h7-9,16H,4-6,10-12H2,1-3H3,(H,27,28)(H3,23,24,25,26)/t16-/m0/s1. The van der Waals surface area contributed by atoms with Crippen LogP contribution in [0.25, 0.3) is 0 Å². The van der Waals surface area contributed by atoms with Crippen LogP contribution in [0.1, 0.15) is 55.0 Å². The Bertz CT molecular complexity index is 845. The number of alkyl halides is 1. The maximum atomic E-state index is 11.3. The van der Waals surface area contributed by atoms with Crippen molar-refractivity contribution >= 4 is 29.3 Å². The highest BCUT2D eigenvalue weighted by molar-refractivity contribution is 6.17. The molecular formula is C21H29ClN4O3. The van der Waals surface area contributed by atoms with E-state index in [-0.39, 0.29) is 18.4 Å². The minimum atomic E-state index is -0.851. The predicted molar refractivity (Wildman–Crippen MR) is 116 cm³/mol. The summed E-state index contributed by atoms with van der Waals surface area (Å²) in [6.45, 7) is 3.95. The average Bonchev–Trinajstić information content (AvgIpc) is 2.68. The molecule has 158 valence electrons. The molecule has 0 aliphatic rings. The number of halogens is 1. The molecule has 1 aromatic carbocycles. The summed E-state index contributed by atoms with van der Waals surface area (Å²) >= 11 is 6.00. The number of hydrogen-bond acceptors (Lipinski definition) is 6. The molecule has 0 spiro atoms. The van der Waals surface area contributed by atoms with Crippen LogP contribution in [0, 0.1) is 6.92 Å². The lowest BCUT2D eigenvalue weighted by Gasteiger charge is -2.21. The zero-order valence-corrected chi connectivity index (χ0v) is 17.9. The van der Waals surface area contributed by atoms with Gasteiger partial charge < -0.3 is 20.9 Å². The fourth-order valence-electron chi connectivity index (χ4n) is 3.27. The van der Waals surface area contributed by atoms with Crippen molar-refractivity contribution in [2.75, 3.05) is 18.2 Å². The van der Waals surface area contributed by atoms with Gasteiger partial charge in [-0.2, -0.15) is 4.98 Å². The second kappa shape index (κ2) is 10.9. The normalized spacial score (nSPS) is 11.9. The lowest BCUT2D eigenvalue weighted by atomic mass is 10.00. The first-order valence-electron chi connectivity index (χ1n) is 9.70. The smallest absolute Gasteiger partial charge is 0.305 e. The number of carboxylic acids is 1. The van der Waals surface area contributed by atoms with Crippen molar-refractivity contribution in [1.29, 1.82) is 0 Å². The van der Waals surface area contributed by atoms with Crippen LogP contribution in [0.4, 0.5) is 11.8 Å². The lowest BCUT2D eigenvalue weighted by Crippen LogP contribution is -2.25. The van der Waals surface area contributed by atoms with Gasteiger partial charge in [-0.05, 0) is 30.5 Å². The molecule has 1 heterocycles. The Morgan fingerprint density at radius 3 is 2.76 bits per heavy atom. The number of nitrogens with two attached hydrogens (primary N) is 1. The van der Waals surface area contributed by atoms with Crippen LogP contribution in [0.5, 0.6) is 5.75 Å². The lowest BCUT2D eigenvalue weighted by molar-refractivity contribution is -0.137. The van der Waals surface area contributed by atoms with Gasteiger partial charge in [0.2, 0.25) is 5.95 Å². The number of hydrogen-bond donors (Lipinski definition) is 3. The summed E-state index contributed by atoms with van der Waals surface area (Å²) in [5.74, 6) is 1.01. The molecule has 1 atom stereocenters. The molecule has 0 aliphatic heterocycles. The van der Waals surface area contributed by atoms with Gasteiger partial charge in [0.1, 0.15) is 11.6 Å². The van der Waals surface area contributed by atoms with Crippen LogP contribution >= 0.6 is 11.6 Å². The summed E-state index contributed by atoms with van der Waals surface area (Å²) in [7, 11) is 1.62. The topological polar surface area (TPSA) is 110 Å². The van der Waals surface area contributed by atoms with Crippen molar-refractivity contribution < 1.29 is 14.6 Å². The van der Waals surface area contributed by atoms with Gasteiger partial charge in [0.05, 0.1) is 13.5 Å². The van der Waals surface area contributed by atoms with Crippen molar-refractivity contribution in [3.05, 3.63) is 40.6 Å². The molecule has 4 N–H and O–H groups in total. The van der Waals surface area contributed by atoms with Crippen molar-refractivity contribution in [3.8, 4) is 5.75 Å². The molecule has 0 bridgehead atoms. The van der Waals surface area contributed by atoms with Gasteiger partial charge in [-0.25, -0.2) is 4.98 Å². The SMILES string of the molecule is CCCC[C@@H](CC(=O)O)Nc1nc(N)nc(C)c1Cc1cc(CCl)ccc1OC. The zero-order chi connectivity index (χ0) is 21.4. The number of nitrogen functional groups attached to an aromatic ring is 1. The molecule has 0 radical (unpaired) electrons. The summed E-state index contributed by atoms with van der Waals surface area (Å²) < 4.78 is 5.50. The van der Waals surface area contributed by atoms with E-state index in [9.17, 15) is 9.90 Å². The highest BCUT2D eigenvalue weighted by Gasteiger charge is 2.19. The predicted octanol–water partition coefficient (Wildman–Crippen LogP) is 4.15. The summed E-state index contributed by atoms with van der Waals surface area (Å²) in [5.41, 5.74) is 9.41. The van der Waals surface area contributed by atoms with Crippen molar-refractivity contribution in [1.82, 2.24) is 9.97 Å². The number of aliphatic carboxylic acids is 1. The summed E-state index contributed by atoms with van der Waals surface area (Å²) in [6.07, 6.45) is 3.16. The van der Waals surface area contributed by atoms with E-state index in [0.29, 0.717) is 18.1 Å². The van der Waals surface area contributed by atoms with Gasteiger partial charge in [-0.15, -0.1) is 11.6 Å². The first kappa shape index (κ1) is 22.7. The van der Waals surface area contributed by atoms with E-state index < -0.39 is 5.97 Å². The second-order valence-corrected chi connectivity index (χ2v) is 7.30. The van der Waals surface area contributed by atoms with E-state index >= 15 is 0 Å². The van der Waals surface area contributed by atoms with Gasteiger partial charge in [0, 0.05) is 29.6 Å². The number of methoxy groups -OCH3 is 1. The number of anilines is 2. The number of benzene rings is 1. The minimum Gasteiger partial charge on any atom is -0.496 e. The fraction of sp³-hybridized carbons (Fsp3) is 0.476. The molecule has 2 aromatic rings. The average molecular weight is 421 g/mol. The highest BCUT2D eigenvalue weighted by atomic mass is 35.5. The number of aryl methyl sites for hydroxylation is 1. The Morgan fingerprint density at radius 2 is 2.14 bits per heavy atom. The van der Waals surface area contributed by atoms with Crippen LogP contribution in [0.2, 0.25) is 0 Å². The monoisotopic (exact) mass is 420 g/mol. The summed E-state index contributed by atoms with van der Waals surface area (Å²) in [4.78, 5) is 20.0. The van der Waals surface area contributed by atoms with Crippen LogP contribution in [-0.4, -0.2) is 34.2 Å². The van der Waals surface area contributed by atoms with E-state index in [2.05, 4.69) is 22.2 Å². The van der Waals surface area contributed by atoms with E-state index in [0.717, 1.165) is 47.4 Å². The van der Waals surface area contributed by atoms with Crippen LogP contribution in [-0.2, 0) is 17.1 Å². The molecule has 8 heteroatoms. The van der Waals surface area contributed by atoms with Crippen molar-refractivity contribution in [2.24, 2.45) is 0 Å². The minimum absolute atomic E-state index is 0.00739. The van der Waals surface area contributed by atoms with Gasteiger partial charge in [-0.3, -0.25) is 4.79 Å². The molecule has 2 rings (SSSR count). The number of unbranched alkanes of at least 4 members (excludes halogenated alkanes) is 1. The maximum absolute atomic E-state index is 11.3. The maximum Gasteiger partial charge on any atom is 0.305 e. The molecule has 29 heavy (non-hydrogen) atoms. The number of ether oxygens (including phenoxy) is 1. The molecule has 1 aromatic heterocycles. The van der Waals surface area contributed by atoms with Crippen LogP contribution in [0.3, 0.4) is 0 Å². The molecule has 7 nitrogen and oxygen atoms in total. The Kier molecular flexibility index (Phi) is 8.51. The number of nitrogens with one attached hydrogen (secondary N) is 1. The van der Waals surface area contributed by atoms with E-state index in [4.69, 9.17) is 22.1 Å². The molecule has 0 saturated heterocycles.